The van der Waals surface area contributed by atoms with Crippen molar-refractivity contribution < 1.29 is 0 Å². The Morgan fingerprint density at radius 2 is 0.877 bits per heavy atom. The summed E-state index contributed by atoms with van der Waals surface area (Å²) in [6.07, 6.45) is 4.47. The second-order valence-corrected chi connectivity index (χ2v) is 15.5. The minimum atomic E-state index is 0.737. The van der Waals surface area contributed by atoms with Gasteiger partial charge in [-0.05, 0) is 58.5 Å². The Balaban J connectivity index is 0.940. The summed E-state index contributed by atoms with van der Waals surface area (Å²) in [6, 6.07) is 61.8. The molecule has 11 rings (SSSR count). The number of benzene rings is 7. The average molecular weight is 747 g/mol. The molecule has 3 heterocycles. The molecule has 0 N–H and O–H groups in total. The highest BCUT2D eigenvalue weighted by atomic mass is 32.1. The van der Waals surface area contributed by atoms with Crippen molar-refractivity contribution >= 4 is 54.9 Å². The van der Waals surface area contributed by atoms with Gasteiger partial charge in [-0.3, -0.25) is 0 Å². The molecule has 10 aromatic rings. The third kappa shape index (κ3) is 6.00. The number of hydrogen-bond donors (Lipinski definition) is 0. The van der Waals surface area contributed by atoms with Gasteiger partial charge >= 0.3 is 0 Å². The van der Waals surface area contributed by atoms with Crippen LogP contribution in [-0.4, -0.2) is 19.9 Å². The van der Waals surface area contributed by atoms with Crippen LogP contribution in [0.2, 0.25) is 0 Å². The SMILES string of the molecule is C1=c2c(sc3cc(-c4ccc(-c5nc(-c6ccccc6)nc6ccccc56)cc4)ccc23)=C(c2ccc(-c3nc(-c4ccccc4)nc4ccccc34)cc2)CC1. The monoisotopic (exact) mass is 746 g/mol. The molecule has 3 aromatic heterocycles. The number of hydrogen-bond acceptors (Lipinski definition) is 5. The van der Waals surface area contributed by atoms with Crippen molar-refractivity contribution in [2.24, 2.45) is 0 Å². The van der Waals surface area contributed by atoms with Crippen LogP contribution in [0.1, 0.15) is 18.4 Å². The molecule has 0 radical (unpaired) electrons. The van der Waals surface area contributed by atoms with Gasteiger partial charge < -0.3 is 0 Å². The van der Waals surface area contributed by atoms with E-state index in [9.17, 15) is 0 Å². The Bertz CT molecular complexity index is 3260. The summed E-state index contributed by atoms with van der Waals surface area (Å²) < 4.78 is 2.68. The maximum atomic E-state index is 5.10. The topological polar surface area (TPSA) is 51.6 Å². The number of aromatic nitrogens is 4. The molecular formula is C52H34N4S. The molecule has 5 heteroatoms. The minimum absolute atomic E-state index is 0.737. The molecular weight excluding hydrogens is 713 g/mol. The highest BCUT2D eigenvalue weighted by molar-refractivity contribution is 7.17. The second kappa shape index (κ2) is 13.9. The third-order valence-corrected chi connectivity index (χ3v) is 12.2. The molecule has 1 aliphatic rings. The van der Waals surface area contributed by atoms with Gasteiger partial charge in [-0.1, -0.05) is 164 Å². The van der Waals surface area contributed by atoms with E-state index in [1.165, 1.54) is 42.1 Å². The molecule has 0 spiro atoms. The smallest absolute Gasteiger partial charge is 0.160 e. The molecule has 268 valence electrons. The van der Waals surface area contributed by atoms with Gasteiger partial charge in [0.2, 0.25) is 0 Å². The van der Waals surface area contributed by atoms with Crippen LogP contribution < -0.4 is 9.75 Å². The van der Waals surface area contributed by atoms with E-state index < -0.39 is 0 Å². The highest BCUT2D eigenvalue weighted by Gasteiger charge is 2.16. The van der Waals surface area contributed by atoms with E-state index in [-0.39, 0.29) is 0 Å². The fraction of sp³-hybridized carbons (Fsp3) is 0.0385. The van der Waals surface area contributed by atoms with E-state index in [0.29, 0.717) is 0 Å². The molecule has 1 aliphatic carbocycles. The molecule has 0 unspecified atom stereocenters. The third-order valence-electron chi connectivity index (χ3n) is 11.0. The first-order valence-electron chi connectivity index (χ1n) is 19.4. The summed E-state index contributed by atoms with van der Waals surface area (Å²) in [5, 5.41) is 4.79. The lowest BCUT2D eigenvalue weighted by molar-refractivity contribution is 1.09. The zero-order chi connectivity index (χ0) is 37.7. The Morgan fingerprint density at radius 3 is 1.46 bits per heavy atom. The molecule has 0 saturated carbocycles. The number of thiophene rings is 1. The summed E-state index contributed by atoms with van der Waals surface area (Å²) in [4.78, 5) is 20.0. The lowest BCUT2D eigenvalue weighted by atomic mass is 9.95. The minimum Gasteiger partial charge on any atom is -0.228 e. The molecule has 0 bridgehead atoms. The quantitative estimate of drug-likeness (QED) is 0.170. The number of rotatable bonds is 6. The van der Waals surface area contributed by atoms with Gasteiger partial charge in [0.25, 0.3) is 0 Å². The van der Waals surface area contributed by atoms with Crippen molar-refractivity contribution in [2.75, 3.05) is 0 Å². The lowest BCUT2D eigenvalue weighted by Crippen LogP contribution is -2.25. The van der Waals surface area contributed by atoms with Gasteiger partial charge in [-0.15, -0.1) is 11.3 Å². The second-order valence-electron chi connectivity index (χ2n) is 14.5. The van der Waals surface area contributed by atoms with Crippen molar-refractivity contribution in [3.63, 3.8) is 0 Å². The number of para-hydroxylation sites is 2. The van der Waals surface area contributed by atoms with Crippen molar-refractivity contribution in [3.8, 4) is 56.4 Å². The fourth-order valence-electron chi connectivity index (χ4n) is 8.15. The Hall–Kier alpha value is -7.08. The summed E-state index contributed by atoms with van der Waals surface area (Å²) in [5.74, 6) is 1.48. The van der Waals surface area contributed by atoms with Gasteiger partial charge in [-0.2, -0.15) is 0 Å². The van der Waals surface area contributed by atoms with E-state index in [1.807, 2.05) is 59.9 Å². The van der Waals surface area contributed by atoms with Crippen LogP contribution in [0.25, 0.3) is 100.0 Å². The summed E-state index contributed by atoms with van der Waals surface area (Å²) >= 11 is 1.91. The van der Waals surface area contributed by atoms with E-state index in [0.717, 1.165) is 79.9 Å². The van der Waals surface area contributed by atoms with Crippen LogP contribution in [-0.2, 0) is 0 Å². The van der Waals surface area contributed by atoms with Gasteiger partial charge in [-0.25, -0.2) is 19.9 Å². The zero-order valence-corrected chi connectivity index (χ0v) is 31.7. The highest BCUT2D eigenvalue weighted by Crippen LogP contribution is 2.34. The molecule has 0 atom stereocenters. The van der Waals surface area contributed by atoms with E-state index in [4.69, 9.17) is 19.9 Å². The van der Waals surface area contributed by atoms with Crippen molar-refractivity contribution in [1.29, 1.82) is 0 Å². The van der Waals surface area contributed by atoms with Gasteiger partial charge in [0.05, 0.1) is 22.4 Å². The molecule has 0 saturated heterocycles. The van der Waals surface area contributed by atoms with Gasteiger partial charge in [0.1, 0.15) is 0 Å². The lowest BCUT2D eigenvalue weighted by Gasteiger charge is -2.12. The van der Waals surface area contributed by atoms with E-state index in [2.05, 4.69) is 133 Å². The maximum Gasteiger partial charge on any atom is 0.160 e. The van der Waals surface area contributed by atoms with E-state index >= 15 is 0 Å². The molecule has 0 fully saturated rings. The standard InChI is InChI=1S/C52H34N4S/c1-3-12-37(13-4-1)51-53-45-20-9-7-16-43(45)48(55-51)35-26-22-33(23-27-35)39-30-31-41-42-19-11-18-40(50(42)57-47(41)32-39)34-24-28-36(29-25-34)49-44-17-8-10-21-46(44)54-52(56-49)38-14-5-2-6-15-38/h1-10,12-17,19-32H,11,18H2. The summed E-state index contributed by atoms with van der Waals surface area (Å²) in [7, 11) is 0. The van der Waals surface area contributed by atoms with Crippen LogP contribution in [0.3, 0.4) is 0 Å². The van der Waals surface area contributed by atoms with Crippen LogP contribution in [0.5, 0.6) is 0 Å². The van der Waals surface area contributed by atoms with Crippen molar-refractivity contribution in [2.45, 2.75) is 12.8 Å². The van der Waals surface area contributed by atoms with Crippen LogP contribution >= 0.6 is 11.3 Å². The largest absolute Gasteiger partial charge is 0.228 e. The van der Waals surface area contributed by atoms with Crippen LogP contribution in [0.15, 0.2) is 176 Å². The normalized spacial score (nSPS) is 12.5. The Morgan fingerprint density at radius 1 is 0.386 bits per heavy atom. The maximum absolute atomic E-state index is 5.10. The molecule has 57 heavy (non-hydrogen) atoms. The molecule has 7 aromatic carbocycles. The van der Waals surface area contributed by atoms with E-state index in [1.54, 1.807) is 0 Å². The van der Waals surface area contributed by atoms with Crippen molar-refractivity contribution in [3.05, 3.63) is 191 Å². The first-order chi connectivity index (χ1) is 28.2. The molecule has 0 aliphatic heterocycles. The fourth-order valence-corrected chi connectivity index (χ4v) is 9.49. The Kier molecular flexibility index (Phi) is 8.11. The number of nitrogens with zero attached hydrogens (tertiary/aromatic N) is 4. The summed E-state index contributed by atoms with van der Waals surface area (Å²) in [5.41, 5.74) is 13.1. The Labute approximate surface area is 333 Å². The average Bonchev–Trinajstić information content (AvgIpc) is 3.67. The van der Waals surface area contributed by atoms with Gasteiger partial charge in [0, 0.05) is 47.6 Å². The predicted molar refractivity (Wildman–Crippen MR) is 237 cm³/mol. The zero-order valence-electron chi connectivity index (χ0n) is 30.9. The van der Waals surface area contributed by atoms with Crippen LogP contribution in [0, 0.1) is 0 Å². The van der Waals surface area contributed by atoms with Crippen LogP contribution in [0.4, 0.5) is 0 Å². The number of fused-ring (bicyclic) bond motifs is 5. The molecule has 4 nitrogen and oxygen atoms in total. The van der Waals surface area contributed by atoms with Gasteiger partial charge in [0.15, 0.2) is 11.6 Å². The molecule has 0 amide bonds. The summed E-state index contributed by atoms with van der Waals surface area (Å²) in [6.45, 7) is 0. The predicted octanol–water partition coefficient (Wildman–Crippen LogP) is 11.9. The van der Waals surface area contributed by atoms with Crippen molar-refractivity contribution in [1.82, 2.24) is 19.9 Å². The first kappa shape index (κ1) is 33.3. The first-order valence-corrected chi connectivity index (χ1v) is 20.2.